The summed E-state index contributed by atoms with van der Waals surface area (Å²) >= 11 is 12.3. The Morgan fingerprint density at radius 1 is 1.00 bits per heavy atom. The van der Waals surface area contributed by atoms with E-state index < -0.39 is 23.4 Å². The smallest absolute Gasteiger partial charge is 0.258 e. The molecule has 0 heterocycles. The lowest BCUT2D eigenvalue weighted by Crippen LogP contribution is -2.47. The molecule has 4 rings (SSSR count). The average Bonchev–Trinajstić information content (AvgIpc) is 2.91. The molecule has 1 unspecified atom stereocenters. The third kappa shape index (κ3) is 7.10. The summed E-state index contributed by atoms with van der Waals surface area (Å²) in [7, 11) is 0. The average molecular weight is 598 g/mol. The molecule has 212 valence electrons. The molecule has 0 radical (unpaired) electrons. The molecule has 0 fully saturated rings. The quantitative estimate of drug-likeness (QED) is 0.221. The van der Waals surface area contributed by atoms with E-state index in [0.717, 1.165) is 45.6 Å². The molecular weight excluding hydrogens is 570 g/mol. The minimum Gasteiger partial charge on any atom is -0.349 e. The second-order valence-corrected chi connectivity index (χ2v) is 10.7. The predicted molar refractivity (Wildman–Crippen MR) is 159 cm³/mol. The predicted octanol–water partition coefficient (Wildman–Crippen LogP) is 8.42. The number of carbonyl (C=O) groups excluding carboxylic acids is 1. The van der Waals surface area contributed by atoms with Gasteiger partial charge in [0.1, 0.15) is 5.82 Å². The van der Waals surface area contributed by atoms with Crippen molar-refractivity contribution in [3.05, 3.63) is 134 Å². The number of allylic oxidation sites excluding steroid dienone is 3. The highest BCUT2D eigenvalue weighted by atomic mass is 35.5. The summed E-state index contributed by atoms with van der Waals surface area (Å²) in [6.45, 7) is 10.2. The van der Waals surface area contributed by atoms with E-state index in [9.17, 15) is 18.0 Å². The summed E-state index contributed by atoms with van der Waals surface area (Å²) in [6, 6.07) is 14.1. The zero-order valence-corrected chi connectivity index (χ0v) is 24.2. The molecule has 41 heavy (non-hydrogen) atoms. The number of nitrogens with zero attached hydrogens (tertiary/aromatic N) is 1. The van der Waals surface area contributed by atoms with E-state index in [1.165, 1.54) is 24.3 Å². The topological polar surface area (TPSA) is 53.5 Å². The second kappa shape index (κ2) is 12.8. The molecule has 0 aliphatic heterocycles. The molecule has 1 amide bonds. The zero-order valence-electron chi connectivity index (χ0n) is 22.7. The monoisotopic (exact) mass is 597 g/mol. The molecule has 1 aliphatic carbocycles. The van der Waals surface area contributed by atoms with Gasteiger partial charge in [0.15, 0.2) is 17.6 Å². The van der Waals surface area contributed by atoms with Gasteiger partial charge in [-0.05, 0) is 103 Å². The zero-order chi connectivity index (χ0) is 29.8. The number of amides is 1. The van der Waals surface area contributed by atoms with E-state index >= 15 is 0 Å². The van der Waals surface area contributed by atoms with Gasteiger partial charge in [-0.2, -0.15) is 0 Å². The van der Waals surface area contributed by atoms with E-state index in [2.05, 4.69) is 22.2 Å². The van der Waals surface area contributed by atoms with Gasteiger partial charge in [0.05, 0.1) is 12.6 Å². The molecule has 3 aromatic carbocycles. The van der Waals surface area contributed by atoms with Crippen molar-refractivity contribution in [3.63, 3.8) is 0 Å². The van der Waals surface area contributed by atoms with Crippen LogP contribution in [0.5, 0.6) is 0 Å². The maximum absolute atomic E-state index is 13.9. The van der Waals surface area contributed by atoms with Crippen LogP contribution in [0.2, 0.25) is 10.0 Å². The molecule has 4 nitrogen and oxygen atoms in total. The van der Waals surface area contributed by atoms with Crippen molar-refractivity contribution in [1.29, 1.82) is 0 Å². The SMILES string of the molecule is C=C(C)C1=C(C)C(NC(=NCc2ccc(F)cc2Cl)NC(=O)c2ccc(F)c(F)c2)CC(c2ccc(Cl)cc2)=C1C. The lowest BCUT2D eigenvalue weighted by molar-refractivity contribution is 0.0975. The Labute approximate surface area is 247 Å². The Kier molecular flexibility index (Phi) is 9.41. The maximum atomic E-state index is 13.9. The van der Waals surface area contributed by atoms with Crippen LogP contribution in [0.25, 0.3) is 5.57 Å². The van der Waals surface area contributed by atoms with Gasteiger partial charge in [0.2, 0.25) is 0 Å². The van der Waals surface area contributed by atoms with E-state index in [1.54, 1.807) is 0 Å². The molecule has 0 bridgehead atoms. The number of carbonyl (C=O) groups is 1. The number of rotatable bonds is 6. The summed E-state index contributed by atoms with van der Waals surface area (Å²) < 4.78 is 40.9. The first-order valence-corrected chi connectivity index (χ1v) is 13.5. The Hall–Kier alpha value is -3.81. The first-order chi connectivity index (χ1) is 19.4. The molecule has 2 N–H and O–H groups in total. The Balaban J connectivity index is 1.70. The lowest BCUT2D eigenvalue weighted by atomic mass is 9.79. The summed E-state index contributed by atoms with van der Waals surface area (Å²) in [5, 5.41) is 6.81. The number of guanidine groups is 1. The minimum atomic E-state index is -1.15. The minimum absolute atomic E-state index is 0.0151. The van der Waals surface area contributed by atoms with Gasteiger partial charge in [-0.15, -0.1) is 0 Å². The van der Waals surface area contributed by atoms with Gasteiger partial charge in [0.25, 0.3) is 5.91 Å². The van der Waals surface area contributed by atoms with Crippen LogP contribution >= 0.6 is 23.2 Å². The molecule has 0 saturated carbocycles. The molecule has 0 saturated heterocycles. The standard InChI is InChI=1S/C32H28Cl2F3N3O/c1-17(2)30-18(3)25(20-5-9-23(33)10-6-20)15-29(19(30)4)39-32(38-16-22-7-11-24(35)14-26(22)34)40-31(41)21-8-12-27(36)28(37)13-21/h5-14,29H,1,15-16H2,2-4H3,(H2,38,39,40,41). The summed E-state index contributed by atoms with van der Waals surface area (Å²) in [6.07, 6.45) is 0.549. The van der Waals surface area contributed by atoms with E-state index in [-0.39, 0.29) is 29.1 Å². The van der Waals surface area contributed by atoms with Crippen molar-refractivity contribution in [2.45, 2.75) is 39.8 Å². The van der Waals surface area contributed by atoms with E-state index in [4.69, 9.17) is 23.2 Å². The number of benzene rings is 3. The van der Waals surface area contributed by atoms with Crippen LogP contribution in [0, 0.1) is 17.5 Å². The lowest BCUT2D eigenvalue weighted by Gasteiger charge is -2.32. The molecular formula is C32H28Cl2F3N3O. The summed E-state index contributed by atoms with van der Waals surface area (Å²) in [4.78, 5) is 17.6. The highest BCUT2D eigenvalue weighted by Crippen LogP contribution is 2.39. The van der Waals surface area contributed by atoms with Crippen LogP contribution in [0.15, 0.2) is 94.5 Å². The van der Waals surface area contributed by atoms with Crippen LogP contribution in [-0.2, 0) is 6.54 Å². The van der Waals surface area contributed by atoms with Gasteiger partial charge >= 0.3 is 0 Å². The number of aliphatic imine (C=N–C) groups is 1. The van der Waals surface area contributed by atoms with Crippen LogP contribution in [-0.4, -0.2) is 17.9 Å². The van der Waals surface area contributed by atoms with Gasteiger partial charge in [-0.25, -0.2) is 18.2 Å². The fourth-order valence-corrected chi connectivity index (χ4v) is 5.20. The Morgan fingerprint density at radius 3 is 2.34 bits per heavy atom. The largest absolute Gasteiger partial charge is 0.349 e. The molecule has 3 aromatic rings. The van der Waals surface area contributed by atoms with E-state index in [0.29, 0.717) is 17.0 Å². The van der Waals surface area contributed by atoms with Gasteiger partial charge in [0, 0.05) is 15.6 Å². The van der Waals surface area contributed by atoms with Crippen LogP contribution in [0.1, 0.15) is 48.7 Å². The van der Waals surface area contributed by atoms with E-state index in [1.807, 2.05) is 45.0 Å². The Morgan fingerprint density at radius 2 is 1.71 bits per heavy atom. The molecule has 9 heteroatoms. The maximum Gasteiger partial charge on any atom is 0.258 e. The highest BCUT2D eigenvalue weighted by Gasteiger charge is 2.27. The third-order valence-electron chi connectivity index (χ3n) is 6.92. The van der Waals surface area contributed by atoms with Crippen LogP contribution < -0.4 is 10.6 Å². The Bertz CT molecular complexity index is 1610. The van der Waals surface area contributed by atoms with Crippen LogP contribution in [0.4, 0.5) is 13.2 Å². The second-order valence-electron chi connectivity index (χ2n) is 9.83. The summed E-state index contributed by atoms with van der Waals surface area (Å²) in [5.74, 6) is -3.30. The number of hydrogen-bond donors (Lipinski definition) is 2. The summed E-state index contributed by atoms with van der Waals surface area (Å²) in [5.41, 5.74) is 6.44. The number of halogens is 5. The number of nitrogens with one attached hydrogen (secondary N) is 2. The van der Waals surface area contributed by atoms with Crippen molar-refractivity contribution in [3.8, 4) is 0 Å². The molecule has 1 aliphatic rings. The van der Waals surface area contributed by atoms with Gasteiger partial charge in [-0.3, -0.25) is 10.1 Å². The van der Waals surface area contributed by atoms with Crippen molar-refractivity contribution in [1.82, 2.24) is 10.6 Å². The fraction of sp³-hybridized carbons (Fsp3) is 0.188. The fourth-order valence-electron chi connectivity index (χ4n) is 4.85. The highest BCUT2D eigenvalue weighted by molar-refractivity contribution is 6.31. The van der Waals surface area contributed by atoms with Gasteiger partial charge < -0.3 is 5.32 Å². The van der Waals surface area contributed by atoms with Crippen molar-refractivity contribution in [2.24, 2.45) is 4.99 Å². The molecule has 0 spiro atoms. The number of hydrogen-bond acceptors (Lipinski definition) is 2. The molecule has 0 aromatic heterocycles. The normalized spacial score (nSPS) is 15.7. The third-order valence-corrected chi connectivity index (χ3v) is 7.52. The first-order valence-electron chi connectivity index (χ1n) is 12.8. The van der Waals surface area contributed by atoms with Crippen LogP contribution in [0.3, 0.4) is 0 Å². The van der Waals surface area contributed by atoms with Crippen molar-refractivity contribution >= 4 is 40.6 Å². The molecule has 1 atom stereocenters. The first kappa shape index (κ1) is 30.2. The van der Waals surface area contributed by atoms with Crippen molar-refractivity contribution < 1.29 is 18.0 Å². The van der Waals surface area contributed by atoms with Crippen molar-refractivity contribution in [2.75, 3.05) is 0 Å². The van der Waals surface area contributed by atoms with Gasteiger partial charge in [-0.1, -0.05) is 53.6 Å².